The molecule has 0 aliphatic carbocycles. The molecule has 0 saturated carbocycles. The van der Waals surface area contributed by atoms with Crippen molar-refractivity contribution in [1.29, 1.82) is 0 Å². The Hall–Kier alpha value is -5.34. The van der Waals surface area contributed by atoms with Gasteiger partial charge in [-0.1, -0.05) is 42.3 Å². The molecular formula is C37H39ClN8O6. The van der Waals surface area contributed by atoms with Crippen molar-refractivity contribution < 1.29 is 28.7 Å². The van der Waals surface area contributed by atoms with E-state index in [1.807, 2.05) is 30.5 Å². The van der Waals surface area contributed by atoms with E-state index in [2.05, 4.69) is 30.8 Å². The number of hydrogen-bond donors (Lipinski definition) is 4. The quantitative estimate of drug-likeness (QED) is 0.117. The van der Waals surface area contributed by atoms with Crippen molar-refractivity contribution in [2.24, 2.45) is 0 Å². The van der Waals surface area contributed by atoms with Gasteiger partial charge in [0.25, 0.3) is 17.7 Å². The minimum atomic E-state index is -1.08. The smallest absolute Gasteiger partial charge is 0.266 e. The number of nitrogens with zero attached hydrogens (tertiary/aromatic N) is 4. The van der Waals surface area contributed by atoms with E-state index in [0.29, 0.717) is 23.2 Å². The molecule has 4 aromatic rings. The summed E-state index contributed by atoms with van der Waals surface area (Å²) in [4.78, 5) is 78.6. The number of unbranched alkanes of at least 4 members (excludes halogenated alkanes) is 2. The number of carbonyl (C=O) groups excluding carboxylic acids is 5. The van der Waals surface area contributed by atoms with Crippen molar-refractivity contribution in [2.75, 3.05) is 38.1 Å². The topological polar surface area (TPSA) is 179 Å². The van der Waals surface area contributed by atoms with E-state index < -0.39 is 29.7 Å². The number of amides is 5. The zero-order valence-electron chi connectivity index (χ0n) is 28.5. The molecule has 7 rings (SSSR count). The number of halogens is 1. The van der Waals surface area contributed by atoms with E-state index in [1.165, 1.54) is 12.1 Å². The molecule has 5 heterocycles. The number of carbonyl (C=O) groups is 5. The molecule has 3 aliphatic rings. The summed E-state index contributed by atoms with van der Waals surface area (Å²) in [6, 6.07) is 11.7. The Morgan fingerprint density at radius 1 is 1.00 bits per heavy atom. The molecular weight excluding hydrogens is 688 g/mol. The van der Waals surface area contributed by atoms with Gasteiger partial charge in [0.2, 0.25) is 17.8 Å². The van der Waals surface area contributed by atoms with Crippen LogP contribution >= 0.6 is 11.6 Å². The van der Waals surface area contributed by atoms with E-state index in [-0.39, 0.29) is 48.3 Å². The molecule has 1 unspecified atom stereocenters. The summed E-state index contributed by atoms with van der Waals surface area (Å²) in [6.07, 6.45) is 8.45. The van der Waals surface area contributed by atoms with Crippen molar-refractivity contribution >= 4 is 58.0 Å². The van der Waals surface area contributed by atoms with Crippen LogP contribution in [0, 0.1) is 0 Å². The van der Waals surface area contributed by atoms with Crippen LogP contribution in [-0.2, 0) is 14.4 Å². The van der Waals surface area contributed by atoms with E-state index in [0.717, 1.165) is 73.1 Å². The molecule has 52 heavy (non-hydrogen) atoms. The van der Waals surface area contributed by atoms with Crippen molar-refractivity contribution in [1.82, 2.24) is 35.4 Å². The lowest BCUT2D eigenvalue weighted by atomic mass is 10.0. The van der Waals surface area contributed by atoms with Gasteiger partial charge in [0.1, 0.15) is 11.8 Å². The van der Waals surface area contributed by atoms with Crippen LogP contribution in [0.1, 0.15) is 65.7 Å². The highest BCUT2D eigenvalue weighted by atomic mass is 35.5. The van der Waals surface area contributed by atoms with E-state index in [4.69, 9.17) is 21.3 Å². The number of fused-ring (bicyclic) bond motifs is 2. The normalized spacial score (nSPS) is 19.1. The Balaban J connectivity index is 0.825. The SMILES string of the molecule is O=C(COc1cccc2c1C(=O)N(C1CCC(=O)NC1=O)C2=O)NCCCCCN1CCC[C@@H](Nc2ncc(Cl)c(-c3c[nH]c4ccccc34)n2)C1. The van der Waals surface area contributed by atoms with Crippen LogP contribution in [0.3, 0.4) is 0 Å². The fraction of sp³-hybridized carbons (Fsp3) is 0.378. The Labute approximate surface area is 304 Å². The average Bonchev–Trinajstić information content (AvgIpc) is 3.68. The van der Waals surface area contributed by atoms with E-state index in [1.54, 1.807) is 12.3 Å². The van der Waals surface area contributed by atoms with Crippen LogP contribution in [0.15, 0.2) is 54.9 Å². The van der Waals surface area contributed by atoms with Crippen molar-refractivity contribution in [3.63, 3.8) is 0 Å². The highest BCUT2D eigenvalue weighted by Crippen LogP contribution is 2.34. The highest BCUT2D eigenvalue weighted by molar-refractivity contribution is 6.33. The fourth-order valence-electron chi connectivity index (χ4n) is 7.12. The number of nitrogens with one attached hydrogen (secondary N) is 4. The van der Waals surface area contributed by atoms with Crippen LogP contribution in [0.4, 0.5) is 5.95 Å². The number of aromatic amines is 1. The second-order valence-electron chi connectivity index (χ2n) is 13.2. The van der Waals surface area contributed by atoms with Gasteiger partial charge >= 0.3 is 0 Å². The monoisotopic (exact) mass is 726 g/mol. The van der Waals surface area contributed by atoms with Gasteiger partial charge in [-0.05, 0) is 63.4 Å². The molecule has 2 atom stereocenters. The molecule has 4 N–H and O–H groups in total. The van der Waals surface area contributed by atoms with Gasteiger partial charge < -0.3 is 25.3 Å². The first kappa shape index (κ1) is 35.1. The number of hydrogen-bond acceptors (Lipinski definition) is 10. The molecule has 2 saturated heterocycles. The zero-order valence-corrected chi connectivity index (χ0v) is 29.2. The number of imide groups is 2. The number of likely N-dealkylation sites (tertiary alicyclic amines) is 1. The third-order valence-electron chi connectivity index (χ3n) is 9.69. The summed E-state index contributed by atoms with van der Waals surface area (Å²) >= 11 is 6.52. The molecule has 270 valence electrons. The number of rotatable bonds is 13. The molecule has 2 aromatic carbocycles. The maximum absolute atomic E-state index is 13.2. The molecule has 15 heteroatoms. The summed E-state index contributed by atoms with van der Waals surface area (Å²) in [6.45, 7) is 2.99. The molecule has 0 radical (unpaired) electrons. The highest BCUT2D eigenvalue weighted by Gasteiger charge is 2.46. The molecule has 3 aliphatic heterocycles. The van der Waals surface area contributed by atoms with Crippen LogP contribution in [0.2, 0.25) is 5.02 Å². The van der Waals surface area contributed by atoms with Crippen molar-refractivity contribution in [2.45, 2.75) is 57.0 Å². The van der Waals surface area contributed by atoms with Gasteiger partial charge in [-0.3, -0.25) is 34.2 Å². The molecule has 14 nitrogen and oxygen atoms in total. The summed E-state index contributed by atoms with van der Waals surface area (Å²) in [5, 5.41) is 10.1. The van der Waals surface area contributed by atoms with Crippen LogP contribution in [0.5, 0.6) is 5.75 Å². The number of anilines is 1. The number of benzene rings is 2. The lowest BCUT2D eigenvalue weighted by Gasteiger charge is -2.33. The number of piperidine rings is 2. The second-order valence-corrected chi connectivity index (χ2v) is 13.7. The van der Waals surface area contributed by atoms with Crippen LogP contribution in [0.25, 0.3) is 22.2 Å². The zero-order chi connectivity index (χ0) is 36.2. The first-order valence-electron chi connectivity index (χ1n) is 17.6. The van der Waals surface area contributed by atoms with Crippen molar-refractivity contribution in [3.8, 4) is 17.0 Å². The van der Waals surface area contributed by atoms with Gasteiger partial charge in [-0.2, -0.15) is 0 Å². The van der Waals surface area contributed by atoms with Gasteiger partial charge in [-0.25, -0.2) is 9.97 Å². The molecule has 0 bridgehead atoms. The lowest BCUT2D eigenvalue weighted by molar-refractivity contribution is -0.136. The van der Waals surface area contributed by atoms with Crippen molar-refractivity contribution in [3.05, 3.63) is 71.0 Å². The standard InChI is InChI=1S/C37H39ClN8O6/c38-26-19-41-37(44-33(26)25-18-40-27-11-3-2-9-23(25)27)42-22-8-7-17-45(20-22)16-5-1-4-15-39-31(48)21-52-29-12-6-10-24-32(29)36(51)46(35(24)50)28-13-14-30(47)43-34(28)49/h2-3,6,9-12,18-19,22,28,40H,1,4-5,7-8,13-17,20-21H2,(H,39,48)(H,41,42,44)(H,43,47,49)/t22-,28?/m1/s1. The largest absolute Gasteiger partial charge is 0.483 e. The Morgan fingerprint density at radius 2 is 1.87 bits per heavy atom. The maximum Gasteiger partial charge on any atom is 0.266 e. The predicted octanol–water partition coefficient (Wildman–Crippen LogP) is 3.92. The maximum atomic E-state index is 13.2. The van der Waals surface area contributed by atoms with Gasteiger partial charge in [0, 0.05) is 48.2 Å². The third-order valence-corrected chi connectivity index (χ3v) is 9.97. The summed E-state index contributed by atoms with van der Waals surface area (Å²) in [7, 11) is 0. The van der Waals surface area contributed by atoms with E-state index in [9.17, 15) is 24.0 Å². The minimum absolute atomic E-state index is 0.0102. The Morgan fingerprint density at radius 3 is 2.73 bits per heavy atom. The summed E-state index contributed by atoms with van der Waals surface area (Å²) in [5.74, 6) is -2.15. The number of aromatic nitrogens is 3. The number of ether oxygens (including phenoxy) is 1. The Bertz CT molecular complexity index is 2030. The summed E-state index contributed by atoms with van der Waals surface area (Å²) in [5.41, 5.74) is 2.76. The summed E-state index contributed by atoms with van der Waals surface area (Å²) < 4.78 is 5.67. The lowest BCUT2D eigenvalue weighted by Crippen LogP contribution is -2.54. The number of para-hydroxylation sites is 1. The predicted molar refractivity (Wildman–Crippen MR) is 193 cm³/mol. The average molecular weight is 727 g/mol. The minimum Gasteiger partial charge on any atom is -0.483 e. The molecule has 2 fully saturated rings. The first-order valence-corrected chi connectivity index (χ1v) is 18.0. The number of H-pyrrole nitrogens is 1. The molecule has 5 amide bonds. The van der Waals surface area contributed by atoms with Gasteiger partial charge in [-0.15, -0.1) is 0 Å². The Kier molecular flexibility index (Phi) is 10.5. The fourth-order valence-corrected chi connectivity index (χ4v) is 7.31. The van der Waals surface area contributed by atoms with Crippen LogP contribution in [-0.4, -0.2) is 99.2 Å². The second kappa shape index (κ2) is 15.5. The van der Waals surface area contributed by atoms with Gasteiger partial charge in [0.15, 0.2) is 6.61 Å². The molecule has 0 spiro atoms. The molecule has 2 aromatic heterocycles. The van der Waals surface area contributed by atoms with Crippen LogP contribution < -0.4 is 20.7 Å². The van der Waals surface area contributed by atoms with E-state index >= 15 is 0 Å². The van der Waals surface area contributed by atoms with Gasteiger partial charge in [0.05, 0.1) is 28.0 Å². The third kappa shape index (κ3) is 7.48. The first-order chi connectivity index (χ1) is 25.3.